The number of nitrogens with one attached hydrogen (secondary N) is 1. The Bertz CT molecular complexity index is 170. The molecule has 82 valence electrons. The molecule has 0 aromatic rings. The number of rotatable bonds is 4. The van der Waals surface area contributed by atoms with Gasteiger partial charge in [0.25, 0.3) is 0 Å². The van der Waals surface area contributed by atoms with Gasteiger partial charge in [-0.05, 0) is 52.5 Å². The predicted molar refractivity (Wildman–Crippen MR) is 63.5 cm³/mol. The molecule has 1 fully saturated rings. The standard InChI is InChI=1S/C13H25N/c1-13(2,3)14-11-7-6-10-12-8-4-5-9-12/h6,10,12,14H,4-5,7-9,11H2,1-3H3. The molecule has 0 spiro atoms. The minimum absolute atomic E-state index is 0.265. The van der Waals surface area contributed by atoms with Crippen LogP contribution in [0.5, 0.6) is 0 Å². The summed E-state index contributed by atoms with van der Waals surface area (Å²) in [5, 5.41) is 3.50. The van der Waals surface area contributed by atoms with Crippen molar-refractivity contribution < 1.29 is 0 Å². The molecular formula is C13H25N. The van der Waals surface area contributed by atoms with E-state index in [-0.39, 0.29) is 5.54 Å². The van der Waals surface area contributed by atoms with E-state index in [2.05, 4.69) is 38.2 Å². The largest absolute Gasteiger partial charge is 0.312 e. The van der Waals surface area contributed by atoms with Crippen LogP contribution in [0.1, 0.15) is 52.9 Å². The van der Waals surface area contributed by atoms with E-state index in [1.807, 2.05) is 0 Å². The van der Waals surface area contributed by atoms with Crippen LogP contribution >= 0.6 is 0 Å². The molecule has 1 saturated carbocycles. The Hall–Kier alpha value is -0.300. The highest BCUT2D eigenvalue weighted by atomic mass is 14.9. The third kappa shape index (κ3) is 5.43. The van der Waals surface area contributed by atoms with Gasteiger partial charge >= 0.3 is 0 Å². The second-order valence-corrected chi connectivity index (χ2v) is 5.44. The number of hydrogen-bond donors (Lipinski definition) is 1. The summed E-state index contributed by atoms with van der Waals surface area (Å²) in [6.07, 6.45) is 11.7. The number of allylic oxidation sites excluding steroid dienone is 1. The molecule has 14 heavy (non-hydrogen) atoms. The fourth-order valence-electron chi connectivity index (χ4n) is 1.97. The molecular weight excluding hydrogens is 170 g/mol. The summed E-state index contributed by atoms with van der Waals surface area (Å²) in [4.78, 5) is 0. The van der Waals surface area contributed by atoms with Crippen molar-refractivity contribution in [1.82, 2.24) is 5.32 Å². The quantitative estimate of drug-likeness (QED) is 0.534. The maximum Gasteiger partial charge on any atom is 0.00966 e. The molecule has 1 heteroatoms. The molecule has 0 atom stereocenters. The molecule has 0 aliphatic heterocycles. The van der Waals surface area contributed by atoms with Crippen LogP contribution in [-0.2, 0) is 0 Å². The lowest BCUT2D eigenvalue weighted by Crippen LogP contribution is -2.36. The Morgan fingerprint density at radius 2 is 1.86 bits per heavy atom. The summed E-state index contributed by atoms with van der Waals surface area (Å²) in [5.74, 6) is 0.893. The normalized spacial score (nSPS) is 19.6. The van der Waals surface area contributed by atoms with E-state index in [1.54, 1.807) is 0 Å². The van der Waals surface area contributed by atoms with Gasteiger partial charge in [0.05, 0.1) is 0 Å². The first-order valence-corrected chi connectivity index (χ1v) is 5.99. The minimum Gasteiger partial charge on any atom is -0.312 e. The monoisotopic (exact) mass is 195 g/mol. The van der Waals surface area contributed by atoms with Crippen molar-refractivity contribution in [2.45, 2.75) is 58.4 Å². The van der Waals surface area contributed by atoms with Crippen LogP contribution in [0.3, 0.4) is 0 Å². The summed E-state index contributed by atoms with van der Waals surface area (Å²) in [6.45, 7) is 7.75. The Kier molecular flexibility index (Phi) is 4.67. The highest BCUT2D eigenvalue weighted by Crippen LogP contribution is 2.25. The molecule has 1 aliphatic rings. The van der Waals surface area contributed by atoms with Crippen LogP contribution in [0.4, 0.5) is 0 Å². The Balaban J connectivity index is 2.03. The van der Waals surface area contributed by atoms with Crippen LogP contribution in [0, 0.1) is 5.92 Å². The number of hydrogen-bond acceptors (Lipinski definition) is 1. The lowest BCUT2D eigenvalue weighted by Gasteiger charge is -2.19. The lowest BCUT2D eigenvalue weighted by molar-refractivity contribution is 0.431. The molecule has 1 aliphatic carbocycles. The van der Waals surface area contributed by atoms with Crippen molar-refractivity contribution >= 4 is 0 Å². The summed E-state index contributed by atoms with van der Waals surface area (Å²) in [5.41, 5.74) is 0.265. The molecule has 0 bridgehead atoms. The summed E-state index contributed by atoms with van der Waals surface area (Å²) < 4.78 is 0. The van der Waals surface area contributed by atoms with E-state index in [1.165, 1.54) is 32.1 Å². The van der Waals surface area contributed by atoms with Gasteiger partial charge in [-0.15, -0.1) is 0 Å². The van der Waals surface area contributed by atoms with Gasteiger partial charge in [-0.25, -0.2) is 0 Å². The summed E-state index contributed by atoms with van der Waals surface area (Å²) in [7, 11) is 0. The zero-order valence-corrected chi connectivity index (χ0v) is 9.97. The van der Waals surface area contributed by atoms with E-state index in [4.69, 9.17) is 0 Å². The van der Waals surface area contributed by atoms with Crippen molar-refractivity contribution in [3.8, 4) is 0 Å². The highest BCUT2D eigenvalue weighted by molar-refractivity contribution is 4.91. The molecule has 0 radical (unpaired) electrons. The van der Waals surface area contributed by atoms with Gasteiger partial charge in [-0.1, -0.05) is 25.0 Å². The van der Waals surface area contributed by atoms with Crippen molar-refractivity contribution in [2.24, 2.45) is 5.92 Å². The van der Waals surface area contributed by atoms with Gasteiger partial charge in [0.1, 0.15) is 0 Å². The second-order valence-electron chi connectivity index (χ2n) is 5.44. The Morgan fingerprint density at radius 3 is 2.43 bits per heavy atom. The van der Waals surface area contributed by atoms with E-state index in [0.717, 1.165) is 12.5 Å². The molecule has 0 aromatic heterocycles. The molecule has 0 saturated heterocycles. The minimum atomic E-state index is 0.265. The van der Waals surface area contributed by atoms with E-state index >= 15 is 0 Å². The topological polar surface area (TPSA) is 12.0 Å². The molecule has 0 amide bonds. The second kappa shape index (κ2) is 5.55. The van der Waals surface area contributed by atoms with Gasteiger partial charge < -0.3 is 5.32 Å². The van der Waals surface area contributed by atoms with E-state index in [0.29, 0.717) is 0 Å². The predicted octanol–water partition coefficient (Wildman–Crippen LogP) is 3.51. The van der Waals surface area contributed by atoms with Gasteiger partial charge in [-0.2, -0.15) is 0 Å². The zero-order chi connectivity index (χ0) is 10.4. The lowest BCUT2D eigenvalue weighted by atomic mass is 10.1. The Labute approximate surface area is 89.0 Å². The summed E-state index contributed by atoms with van der Waals surface area (Å²) in [6, 6.07) is 0. The maximum absolute atomic E-state index is 3.50. The van der Waals surface area contributed by atoms with Crippen LogP contribution in [-0.4, -0.2) is 12.1 Å². The first-order valence-electron chi connectivity index (χ1n) is 5.99. The molecule has 1 nitrogen and oxygen atoms in total. The van der Waals surface area contributed by atoms with Crippen molar-refractivity contribution in [1.29, 1.82) is 0 Å². The summed E-state index contributed by atoms with van der Waals surface area (Å²) >= 11 is 0. The van der Waals surface area contributed by atoms with Crippen LogP contribution in [0.25, 0.3) is 0 Å². The molecule has 0 unspecified atom stereocenters. The SMILES string of the molecule is CC(C)(C)NCCC=CC1CCCC1. The maximum atomic E-state index is 3.50. The van der Waals surface area contributed by atoms with Gasteiger partial charge in [0.2, 0.25) is 0 Å². The highest BCUT2D eigenvalue weighted by Gasteiger charge is 2.11. The van der Waals surface area contributed by atoms with E-state index in [9.17, 15) is 0 Å². The average molecular weight is 195 g/mol. The van der Waals surface area contributed by atoms with Crippen LogP contribution in [0.2, 0.25) is 0 Å². The average Bonchev–Trinajstić information content (AvgIpc) is 2.54. The smallest absolute Gasteiger partial charge is 0.00966 e. The first-order chi connectivity index (χ1) is 6.58. The fourth-order valence-corrected chi connectivity index (χ4v) is 1.97. The van der Waals surface area contributed by atoms with E-state index < -0.39 is 0 Å². The van der Waals surface area contributed by atoms with Crippen LogP contribution in [0.15, 0.2) is 12.2 Å². The van der Waals surface area contributed by atoms with Gasteiger partial charge in [0, 0.05) is 5.54 Å². The molecule has 0 heterocycles. The third-order valence-corrected chi connectivity index (χ3v) is 2.77. The van der Waals surface area contributed by atoms with Crippen molar-refractivity contribution in [3.05, 3.63) is 12.2 Å². The fraction of sp³-hybridized carbons (Fsp3) is 0.846. The van der Waals surface area contributed by atoms with Crippen molar-refractivity contribution in [2.75, 3.05) is 6.54 Å². The molecule has 0 aromatic carbocycles. The first kappa shape index (κ1) is 11.8. The molecule has 1 rings (SSSR count). The Morgan fingerprint density at radius 1 is 1.21 bits per heavy atom. The van der Waals surface area contributed by atoms with Crippen molar-refractivity contribution in [3.63, 3.8) is 0 Å². The van der Waals surface area contributed by atoms with Gasteiger partial charge in [-0.3, -0.25) is 0 Å². The zero-order valence-electron chi connectivity index (χ0n) is 9.97. The third-order valence-electron chi connectivity index (χ3n) is 2.77. The van der Waals surface area contributed by atoms with Gasteiger partial charge in [0.15, 0.2) is 0 Å². The van der Waals surface area contributed by atoms with Crippen LogP contribution < -0.4 is 5.32 Å². The molecule has 1 N–H and O–H groups in total.